The van der Waals surface area contributed by atoms with Gasteiger partial charge in [0.25, 0.3) is 0 Å². The zero-order valence-corrected chi connectivity index (χ0v) is 25.1. The molecule has 46 heavy (non-hydrogen) atoms. The average Bonchev–Trinajstić information content (AvgIpc) is 3.64. The molecule has 10 rings (SSSR count). The smallest absolute Gasteiger partial charge is 0.0788 e. The van der Waals surface area contributed by atoms with E-state index in [-0.39, 0.29) is 0 Å². The second-order valence-electron chi connectivity index (χ2n) is 12.2. The van der Waals surface area contributed by atoms with E-state index in [1.165, 1.54) is 76.3 Å². The van der Waals surface area contributed by atoms with Gasteiger partial charge in [-0.25, -0.2) is 0 Å². The van der Waals surface area contributed by atoms with Crippen molar-refractivity contribution in [2.75, 3.05) is 0 Å². The van der Waals surface area contributed by atoms with E-state index in [4.69, 9.17) is 0 Å². The maximum atomic E-state index is 2.47. The van der Waals surface area contributed by atoms with Crippen molar-refractivity contribution in [3.63, 3.8) is 0 Å². The van der Waals surface area contributed by atoms with Crippen LogP contribution >= 0.6 is 0 Å². The van der Waals surface area contributed by atoms with Crippen LogP contribution in [-0.2, 0) is 0 Å². The van der Waals surface area contributed by atoms with E-state index >= 15 is 0 Å². The molecule has 0 unspecified atom stereocenters. The summed E-state index contributed by atoms with van der Waals surface area (Å²) < 4.78 is 4.92. The Morgan fingerprint density at radius 3 is 1.43 bits per heavy atom. The van der Waals surface area contributed by atoms with Gasteiger partial charge in [0, 0.05) is 32.9 Å². The third-order valence-electron chi connectivity index (χ3n) is 9.65. The lowest BCUT2D eigenvalue weighted by Gasteiger charge is -2.13. The number of benzene rings is 8. The lowest BCUT2D eigenvalue weighted by Crippen LogP contribution is -1.98. The van der Waals surface area contributed by atoms with Gasteiger partial charge in [-0.15, -0.1) is 0 Å². The molecule has 0 amide bonds. The van der Waals surface area contributed by atoms with Gasteiger partial charge in [0.05, 0.1) is 22.1 Å². The molecule has 0 N–H and O–H groups in total. The summed E-state index contributed by atoms with van der Waals surface area (Å²) in [6.07, 6.45) is 0. The maximum absolute atomic E-state index is 2.47. The quantitative estimate of drug-likeness (QED) is 0.195. The number of aromatic nitrogens is 2. The van der Waals surface area contributed by atoms with Gasteiger partial charge in [0.2, 0.25) is 0 Å². The fourth-order valence-corrected chi connectivity index (χ4v) is 7.53. The molecule has 0 aliphatic carbocycles. The Kier molecular flexibility index (Phi) is 5.31. The van der Waals surface area contributed by atoms with E-state index in [1.807, 2.05) is 0 Å². The number of hydrogen-bond acceptors (Lipinski definition) is 0. The topological polar surface area (TPSA) is 9.86 Å². The molecule has 0 aliphatic heterocycles. The van der Waals surface area contributed by atoms with Crippen LogP contribution < -0.4 is 0 Å². The minimum Gasteiger partial charge on any atom is -0.307 e. The van der Waals surface area contributed by atoms with E-state index in [0.717, 1.165) is 11.4 Å². The molecule has 214 valence electrons. The third kappa shape index (κ3) is 3.65. The number of rotatable bonds is 3. The monoisotopic (exact) mass is 584 g/mol. The fourth-order valence-electron chi connectivity index (χ4n) is 7.53. The zero-order chi connectivity index (χ0) is 30.2. The summed E-state index contributed by atoms with van der Waals surface area (Å²) in [5.74, 6) is 0. The first-order chi connectivity index (χ1) is 22.8. The molecule has 0 aliphatic rings. The second kappa shape index (κ2) is 9.69. The van der Waals surface area contributed by atoms with Gasteiger partial charge < -0.3 is 9.13 Å². The van der Waals surface area contributed by atoms with Crippen LogP contribution in [-0.4, -0.2) is 9.13 Å². The summed E-state index contributed by atoms with van der Waals surface area (Å²) in [4.78, 5) is 0. The van der Waals surface area contributed by atoms with Crippen molar-refractivity contribution in [1.29, 1.82) is 0 Å². The molecule has 2 heterocycles. The Balaban J connectivity index is 1.25. The SMILES string of the molecule is c1ccc(-n2c3ccccc3c3ccc4c5ccccc5n(-c5ccc6cc(-c7ccc8ccccc8c7)ccc6c5)c4c32)cc1. The molecule has 0 radical (unpaired) electrons. The predicted octanol–water partition coefficient (Wildman–Crippen LogP) is 11.9. The maximum Gasteiger partial charge on any atom is 0.0788 e. The minimum atomic E-state index is 1.16. The summed E-state index contributed by atoms with van der Waals surface area (Å²) in [6, 6.07) is 62.0. The number of fused-ring (bicyclic) bond motifs is 9. The van der Waals surface area contributed by atoms with Crippen molar-refractivity contribution in [3.05, 3.63) is 170 Å². The third-order valence-corrected chi connectivity index (χ3v) is 9.65. The minimum absolute atomic E-state index is 1.16. The van der Waals surface area contributed by atoms with Gasteiger partial charge in [-0.3, -0.25) is 0 Å². The zero-order valence-electron chi connectivity index (χ0n) is 25.1. The van der Waals surface area contributed by atoms with Crippen LogP contribution in [0.15, 0.2) is 170 Å². The number of para-hydroxylation sites is 3. The molecule has 0 fully saturated rings. The number of hydrogen-bond donors (Lipinski definition) is 0. The first kappa shape index (κ1) is 25.2. The molecule has 10 aromatic rings. The first-order valence-electron chi connectivity index (χ1n) is 15.9. The summed E-state index contributed by atoms with van der Waals surface area (Å²) in [5.41, 5.74) is 9.68. The van der Waals surface area contributed by atoms with Gasteiger partial charge in [-0.2, -0.15) is 0 Å². The largest absolute Gasteiger partial charge is 0.307 e. The van der Waals surface area contributed by atoms with E-state index in [2.05, 4.69) is 179 Å². The van der Waals surface area contributed by atoms with E-state index in [1.54, 1.807) is 0 Å². The molecular weight excluding hydrogens is 556 g/mol. The molecule has 8 aromatic carbocycles. The van der Waals surface area contributed by atoms with Gasteiger partial charge >= 0.3 is 0 Å². The van der Waals surface area contributed by atoms with Crippen LogP contribution in [0.3, 0.4) is 0 Å². The standard InChI is InChI=1S/C44H28N2/c1-2-12-35(13-3-1)45-41-16-8-6-14-37(41)39-24-25-40-38-15-7-9-17-42(38)46(44(40)43(39)45)36-23-22-33-27-32(20-21-34(33)28-36)31-19-18-29-10-4-5-11-30(29)26-31/h1-28H. The van der Waals surface area contributed by atoms with Gasteiger partial charge in [-0.1, -0.05) is 121 Å². The van der Waals surface area contributed by atoms with Gasteiger partial charge in [0.15, 0.2) is 0 Å². The Morgan fingerprint density at radius 1 is 0.283 bits per heavy atom. The van der Waals surface area contributed by atoms with E-state index in [0.29, 0.717) is 0 Å². The van der Waals surface area contributed by atoms with Crippen LogP contribution in [0.5, 0.6) is 0 Å². The summed E-state index contributed by atoms with van der Waals surface area (Å²) in [5, 5.41) is 10.0. The molecule has 0 bridgehead atoms. The van der Waals surface area contributed by atoms with Crippen molar-refractivity contribution in [2.45, 2.75) is 0 Å². The van der Waals surface area contributed by atoms with Crippen molar-refractivity contribution in [1.82, 2.24) is 9.13 Å². The lowest BCUT2D eigenvalue weighted by molar-refractivity contribution is 1.15. The Labute approximate surface area is 266 Å². The van der Waals surface area contributed by atoms with Crippen molar-refractivity contribution in [2.24, 2.45) is 0 Å². The summed E-state index contributed by atoms with van der Waals surface area (Å²) >= 11 is 0. The molecule has 2 aromatic heterocycles. The molecule has 0 spiro atoms. The normalized spacial score (nSPS) is 11.9. The van der Waals surface area contributed by atoms with Crippen LogP contribution in [0.1, 0.15) is 0 Å². The Hall–Kier alpha value is -6.12. The second-order valence-corrected chi connectivity index (χ2v) is 12.2. The molecule has 0 atom stereocenters. The molecule has 0 saturated carbocycles. The highest BCUT2D eigenvalue weighted by molar-refractivity contribution is 6.23. The molecular formula is C44H28N2. The van der Waals surface area contributed by atoms with Crippen LogP contribution in [0.2, 0.25) is 0 Å². The molecule has 2 heteroatoms. The van der Waals surface area contributed by atoms with Crippen LogP contribution in [0.25, 0.3) is 87.7 Å². The molecule has 0 saturated heterocycles. The van der Waals surface area contributed by atoms with Crippen LogP contribution in [0.4, 0.5) is 0 Å². The van der Waals surface area contributed by atoms with Crippen LogP contribution in [0, 0.1) is 0 Å². The fraction of sp³-hybridized carbons (Fsp3) is 0. The predicted molar refractivity (Wildman–Crippen MR) is 196 cm³/mol. The van der Waals surface area contributed by atoms with E-state index in [9.17, 15) is 0 Å². The lowest BCUT2D eigenvalue weighted by atomic mass is 9.98. The number of nitrogens with zero attached hydrogens (tertiary/aromatic N) is 2. The Morgan fingerprint density at radius 2 is 0.761 bits per heavy atom. The first-order valence-corrected chi connectivity index (χ1v) is 15.9. The highest BCUT2D eigenvalue weighted by atomic mass is 15.0. The average molecular weight is 585 g/mol. The van der Waals surface area contributed by atoms with Gasteiger partial charge in [0.1, 0.15) is 0 Å². The van der Waals surface area contributed by atoms with Gasteiger partial charge in [-0.05, 0) is 81.2 Å². The summed E-state index contributed by atoms with van der Waals surface area (Å²) in [6.45, 7) is 0. The van der Waals surface area contributed by atoms with Crippen molar-refractivity contribution >= 4 is 65.2 Å². The highest BCUT2D eigenvalue weighted by Crippen LogP contribution is 2.42. The van der Waals surface area contributed by atoms with Crippen molar-refractivity contribution < 1.29 is 0 Å². The highest BCUT2D eigenvalue weighted by Gasteiger charge is 2.21. The molecule has 2 nitrogen and oxygen atoms in total. The summed E-state index contributed by atoms with van der Waals surface area (Å²) in [7, 11) is 0. The Bertz CT molecular complexity index is 2800. The van der Waals surface area contributed by atoms with Crippen molar-refractivity contribution in [3.8, 4) is 22.5 Å². The van der Waals surface area contributed by atoms with E-state index < -0.39 is 0 Å².